The minimum Gasteiger partial charge on any atom is -0.493 e. The van der Waals surface area contributed by atoms with Crippen LogP contribution in [0.1, 0.15) is 67.7 Å². The maximum atomic E-state index is 14.5. The molecular formula is C43H52Cl2N2O7. The first-order valence-electron chi connectivity index (χ1n) is 19.1. The summed E-state index contributed by atoms with van der Waals surface area (Å²) in [6, 6.07) is 18.3. The van der Waals surface area contributed by atoms with E-state index in [2.05, 4.69) is 40.5 Å². The van der Waals surface area contributed by atoms with Gasteiger partial charge in [-0.2, -0.15) is 0 Å². The number of carbonyl (C=O) groups is 2. The molecule has 6 rings (SSSR count). The summed E-state index contributed by atoms with van der Waals surface area (Å²) in [6.07, 6.45) is 4.60. The molecule has 1 N–H and O–H groups in total. The molecule has 3 aliphatic rings. The Morgan fingerprint density at radius 2 is 1.59 bits per heavy atom. The van der Waals surface area contributed by atoms with Gasteiger partial charge in [0.05, 0.1) is 29.2 Å². The maximum Gasteiger partial charge on any atom is 0.334 e. The highest BCUT2D eigenvalue weighted by Crippen LogP contribution is 2.41. The summed E-state index contributed by atoms with van der Waals surface area (Å²) in [5, 5.41) is 4.45. The fourth-order valence-corrected chi connectivity index (χ4v) is 8.10. The molecule has 3 atom stereocenters. The lowest BCUT2D eigenvalue weighted by Gasteiger charge is -2.36. The fraction of sp³-hybridized carbons (Fsp3) is 0.488. The Bertz CT molecular complexity index is 1790. The average Bonchev–Trinajstić information content (AvgIpc) is 4.10. The van der Waals surface area contributed by atoms with Crippen LogP contribution in [0.25, 0.3) is 0 Å². The Kier molecular flexibility index (Phi) is 13.8. The van der Waals surface area contributed by atoms with Gasteiger partial charge in [0.2, 0.25) is 5.91 Å². The molecule has 0 unspecified atom stereocenters. The van der Waals surface area contributed by atoms with Crippen LogP contribution in [0, 0.1) is 18.8 Å². The highest BCUT2D eigenvalue weighted by Gasteiger charge is 2.41. The van der Waals surface area contributed by atoms with Crippen LogP contribution in [0.4, 0.5) is 0 Å². The van der Waals surface area contributed by atoms with Crippen molar-refractivity contribution in [3.05, 3.63) is 98.0 Å². The summed E-state index contributed by atoms with van der Waals surface area (Å²) >= 11 is 12.6. The van der Waals surface area contributed by atoms with Gasteiger partial charge in [-0.05, 0) is 124 Å². The molecular weight excluding hydrogens is 727 g/mol. The Morgan fingerprint density at radius 1 is 0.870 bits per heavy atom. The number of benzene rings is 3. The van der Waals surface area contributed by atoms with E-state index in [9.17, 15) is 9.59 Å². The van der Waals surface area contributed by atoms with Gasteiger partial charge in [0.15, 0.2) is 5.75 Å². The van der Waals surface area contributed by atoms with Gasteiger partial charge in [0, 0.05) is 44.3 Å². The second-order valence-electron chi connectivity index (χ2n) is 14.5. The minimum atomic E-state index is -0.257. The zero-order valence-electron chi connectivity index (χ0n) is 31.8. The quantitative estimate of drug-likeness (QED) is 0.0964. The number of nitrogens with zero attached hydrogens (tertiary/aromatic N) is 1. The summed E-state index contributed by atoms with van der Waals surface area (Å²) in [6.45, 7) is 9.73. The van der Waals surface area contributed by atoms with E-state index < -0.39 is 0 Å². The van der Waals surface area contributed by atoms with E-state index in [0.29, 0.717) is 61.9 Å². The Morgan fingerprint density at radius 3 is 2.30 bits per heavy atom. The molecule has 1 aliphatic heterocycles. The zero-order valence-corrected chi connectivity index (χ0v) is 33.3. The van der Waals surface area contributed by atoms with E-state index in [-0.39, 0.29) is 35.7 Å². The fourth-order valence-electron chi connectivity index (χ4n) is 7.40. The van der Waals surface area contributed by atoms with Gasteiger partial charge >= 0.3 is 5.97 Å². The number of rotatable bonds is 19. The van der Waals surface area contributed by atoms with Crippen molar-refractivity contribution in [3.8, 4) is 17.2 Å². The third-order valence-corrected chi connectivity index (χ3v) is 11.0. The number of halogens is 2. The van der Waals surface area contributed by atoms with Crippen molar-refractivity contribution in [1.29, 1.82) is 0 Å². The Balaban J connectivity index is 1.10. The van der Waals surface area contributed by atoms with Gasteiger partial charge < -0.3 is 33.9 Å². The molecule has 0 radical (unpaired) electrons. The first-order valence-corrected chi connectivity index (χ1v) is 19.9. The van der Waals surface area contributed by atoms with Gasteiger partial charge in [0.25, 0.3) is 0 Å². The standard InChI is InChI=1S/C43H52Cl2N2O7/c1-5-51-43(49)40-28(3)37(40)26-54-34-22-29(7-6-16-50-4)21-30(23-34)25-47(32-10-11-32)42(48)36-24-46-15-14-35(36)31-8-12-33(13-9-31)52-17-18-53-41-38(44)19-27(2)20-39(41)45/h8-9,12-13,19-23,32,35-37,46H,5-7,10-11,14-18,24-26H2,1-4H3/t35-,36+,37-/m0/s1. The molecule has 1 heterocycles. The number of ether oxygens (including phenoxy) is 5. The van der Waals surface area contributed by atoms with Crippen LogP contribution in [-0.2, 0) is 32.0 Å². The molecule has 2 aliphatic carbocycles. The van der Waals surface area contributed by atoms with Crippen LogP contribution in [0.5, 0.6) is 17.2 Å². The number of methoxy groups -OCH3 is 1. The van der Waals surface area contributed by atoms with Crippen LogP contribution < -0.4 is 19.5 Å². The van der Waals surface area contributed by atoms with E-state index in [1.807, 2.05) is 45.0 Å². The number of hydrogen-bond donors (Lipinski definition) is 1. The lowest BCUT2D eigenvalue weighted by atomic mass is 9.80. The van der Waals surface area contributed by atoms with E-state index in [4.69, 9.17) is 46.9 Å². The van der Waals surface area contributed by atoms with E-state index in [1.54, 1.807) is 7.11 Å². The number of aryl methyl sites for hydroxylation is 2. The molecule has 1 amide bonds. The van der Waals surface area contributed by atoms with Crippen molar-refractivity contribution in [2.24, 2.45) is 11.8 Å². The van der Waals surface area contributed by atoms with E-state index in [0.717, 1.165) is 83.5 Å². The average molecular weight is 780 g/mol. The number of esters is 1. The normalized spacial score (nSPS) is 19.3. The Labute approximate surface area is 329 Å². The second kappa shape index (κ2) is 18.7. The Hall–Kier alpha value is -3.76. The molecule has 1 saturated heterocycles. The smallest absolute Gasteiger partial charge is 0.334 e. The van der Waals surface area contributed by atoms with Crippen molar-refractivity contribution < 1.29 is 33.3 Å². The SMILES string of the molecule is CCOC(=O)C1=C(C)[C@@H]1COc1cc(CCCOC)cc(CN(C(=O)[C@@H]2CNCC[C@H]2c2ccc(OCCOc3c(Cl)cc(C)cc3Cl)cc2)C2CC2)c1. The van der Waals surface area contributed by atoms with Gasteiger partial charge in [-0.25, -0.2) is 4.79 Å². The van der Waals surface area contributed by atoms with Gasteiger partial charge in [-0.15, -0.1) is 0 Å². The number of hydrogen-bond acceptors (Lipinski definition) is 8. The van der Waals surface area contributed by atoms with Crippen LogP contribution in [-0.4, -0.2) is 76.1 Å². The molecule has 1 saturated carbocycles. The van der Waals surface area contributed by atoms with Crippen molar-refractivity contribution in [1.82, 2.24) is 10.2 Å². The number of carbonyl (C=O) groups excluding carboxylic acids is 2. The molecule has 54 heavy (non-hydrogen) atoms. The topological polar surface area (TPSA) is 95.6 Å². The number of piperidine rings is 1. The van der Waals surface area contributed by atoms with E-state index in [1.165, 1.54) is 0 Å². The molecule has 0 bridgehead atoms. The molecule has 2 fully saturated rings. The maximum absolute atomic E-state index is 14.5. The van der Waals surface area contributed by atoms with Crippen LogP contribution >= 0.6 is 23.2 Å². The first-order chi connectivity index (χ1) is 26.2. The summed E-state index contributed by atoms with van der Waals surface area (Å²) in [5.74, 6) is 1.74. The summed E-state index contributed by atoms with van der Waals surface area (Å²) < 4.78 is 28.6. The third-order valence-electron chi connectivity index (χ3n) is 10.4. The summed E-state index contributed by atoms with van der Waals surface area (Å²) in [7, 11) is 1.71. The molecule has 3 aromatic carbocycles. The molecule has 9 nitrogen and oxygen atoms in total. The van der Waals surface area contributed by atoms with Crippen LogP contribution in [0.15, 0.2) is 65.7 Å². The minimum absolute atomic E-state index is 0.0251. The number of amides is 1. The van der Waals surface area contributed by atoms with Crippen molar-refractivity contribution in [2.75, 3.05) is 53.2 Å². The van der Waals surface area contributed by atoms with Crippen LogP contribution in [0.3, 0.4) is 0 Å². The van der Waals surface area contributed by atoms with E-state index >= 15 is 0 Å². The predicted octanol–water partition coefficient (Wildman–Crippen LogP) is 8.11. The lowest BCUT2D eigenvalue weighted by Crippen LogP contribution is -2.47. The van der Waals surface area contributed by atoms with Crippen molar-refractivity contribution >= 4 is 35.1 Å². The first kappa shape index (κ1) is 39.9. The predicted molar refractivity (Wildman–Crippen MR) is 211 cm³/mol. The zero-order chi connectivity index (χ0) is 38.2. The molecule has 0 aromatic heterocycles. The highest BCUT2D eigenvalue weighted by atomic mass is 35.5. The van der Waals surface area contributed by atoms with Gasteiger partial charge in [-0.3, -0.25) is 4.79 Å². The highest BCUT2D eigenvalue weighted by molar-refractivity contribution is 6.37. The second-order valence-corrected chi connectivity index (χ2v) is 15.3. The summed E-state index contributed by atoms with van der Waals surface area (Å²) in [4.78, 5) is 28.9. The van der Waals surface area contributed by atoms with Crippen molar-refractivity contribution in [3.63, 3.8) is 0 Å². The largest absolute Gasteiger partial charge is 0.493 e. The molecule has 11 heteroatoms. The monoisotopic (exact) mass is 778 g/mol. The van der Waals surface area contributed by atoms with Crippen LogP contribution in [0.2, 0.25) is 10.0 Å². The van der Waals surface area contributed by atoms with Crippen molar-refractivity contribution in [2.45, 2.75) is 71.4 Å². The summed E-state index contributed by atoms with van der Waals surface area (Å²) in [5.41, 5.74) is 6.03. The lowest BCUT2D eigenvalue weighted by molar-refractivity contribution is -0.139. The third kappa shape index (κ3) is 10.3. The number of nitrogens with one attached hydrogen (secondary N) is 1. The molecule has 0 spiro atoms. The molecule has 290 valence electrons. The van der Waals surface area contributed by atoms with Gasteiger partial charge in [-0.1, -0.05) is 47.0 Å². The van der Waals surface area contributed by atoms with Gasteiger partial charge in [0.1, 0.15) is 24.7 Å². The molecule has 3 aromatic rings.